The van der Waals surface area contributed by atoms with E-state index in [2.05, 4.69) is 0 Å². The fourth-order valence-electron chi connectivity index (χ4n) is 0.687. The first-order chi connectivity index (χ1) is 4.00. The van der Waals surface area contributed by atoms with Gasteiger partial charge in [0.15, 0.2) is 0 Å². The van der Waals surface area contributed by atoms with Crippen molar-refractivity contribution in [1.29, 1.82) is 0 Å². The Morgan fingerprint density at radius 2 is 1.50 bits per heavy atom. The molecule has 1 aliphatic heterocycles. The summed E-state index contributed by atoms with van der Waals surface area (Å²) in [6, 6.07) is 0. The van der Waals surface area contributed by atoms with Crippen molar-refractivity contribution >= 4 is 0 Å². The third-order valence-electron chi connectivity index (χ3n) is 1.08. The predicted octanol–water partition coefficient (Wildman–Crippen LogP) is 0.795. The minimum Gasteiger partial charge on any atom is -0.400 e. The van der Waals surface area contributed by atoms with Gasteiger partial charge in [-0.25, -0.2) is 0 Å². The van der Waals surface area contributed by atoms with Gasteiger partial charge in [0.25, 0.3) is 0 Å². The molecule has 0 atom stereocenters. The highest BCUT2D eigenvalue weighted by Gasteiger charge is 1.94. The van der Waals surface area contributed by atoms with Crippen molar-refractivity contribution in [1.82, 2.24) is 0 Å². The number of aliphatic hydroxyl groups excluding tert-OH is 1. The highest BCUT2D eigenvalue weighted by atomic mass is 16.5. The average Bonchev–Trinajstić information content (AvgIpc) is 1.96. The molecule has 1 fully saturated rings. The molecule has 0 aromatic carbocycles. The number of ether oxygens (including phenoxy) is 1. The number of hydrogen-bond acceptors (Lipinski definition) is 2. The standard InChI is InChI=1S/C5H10O.CH4O/c1-2-4-6-5-3-1;1-2/h1-5H2;2H,1H3. The predicted molar refractivity (Wildman–Crippen MR) is 32.8 cm³/mol. The molecule has 0 aromatic rings. The molecule has 0 unspecified atom stereocenters. The molecule has 2 heteroatoms. The first-order valence-electron chi connectivity index (χ1n) is 3.02. The van der Waals surface area contributed by atoms with Crippen molar-refractivity contribution in [3.8, 4) is 0 Å². The molecule has 1 N–H and O–H groups in total. The van der Waals surface area contributed by atoms with Gasteiger partial charge in [-0.2, -0.15) is 0 Å². The van der Waals surface area contributed by atoms with Gasteiger partial charge in [-0.05, 0) is 19.3 Å². The summed E-state index contributed by atoms with van der Waals surface area (Å²) in [5.41, 5.74) is 0. The van der Waals surface area contributed by atoms with Gasteiger partial charge in [-0.1, -0.05) is 0 Å². The number of hydrogen-bond donors (Lipinski definition) is 1. The van der Waals surface area contributed by atoms with Crippen LogP contribution in [0.1, 0.15) is 19.3 Å². The molecule has 2 nitrogen and oxygen atoms in total. The van der Waals surface area contributed by atoms with E-state index in [9.17, 15) is 0 Å². The zero-order valence-electron chi connectivity index (χ0n) is 5.39. The largest absolute Gasteiger partial charge is 0.400 e. The molecule has 0 aliphatic carbocycles. The third kappa shape index (κ3) is 4.09. The van der Waals surface area contributed by atoms with Gasteiger partial charge in [0.2, 0.25) is 0 Å². The average molecular weight is 118 g/mol. The van der Waals surface area contributed by atoms with E-state index in [1.165, 1.54) is 19.3 Å². The Kier molecular flexibility index (Phi) is 6.85. The summed E-state index contributed by atoms with van der Waals surface area (Å²) in [6.07, 6.45) is 3.93. The fourth-order valence-corrected chi connectivity index (χ4v) is 0.687. The lowest BCUT2D eigenvalue weighted by Gasteiger charge is -2.08. The van der Waals surface area contributed by atoms with Gasteiger partial charge in [-0.3, -0.25) is 0 Å². The zero-order valence-corrected chi connectivity index (χ0v) is 5.39. The SMILES string of the molecule is C1CCOCC1.CO. The Labute approximate surface area is 50.5 Å². The topological polar surface area (TPSA) is 29.5 Å². The fraction of sp³-hybridized carbons (Fsp3) is 1.00. The van der Waals surface area contributed by atoms with E-state index in [1.54, 1.807) is 0 Å². The minimum atomic E-state index is 1.00. The molecule has 8 heavy (non-hydrogen) atoms. The summed E-state index contributed by atoms with van der Waals surface area (Å²) in [6.45, 7) is 2.00. The molecule has 0 bridgehead atoms. The van der Waals surface area contributed by atoms with Crippen molar-refractivity contribution < 1.29 is 9.84 Å². The van der Waals surface area contributed by atoms with Gasteiger partial charge >= 0.3 is 0 Å². The second-order valence-corrected chi connectivity index (χ2v) is 1.67. The van der Waals surface area contributed by atoms with Crippen LogP contribution < -0.4 is 0 Å². The van der Waals surface area contributed by atoms with E-state index in [-0.39, 0.29) is 0 Å². The maximum atomic E-state index is 7.00. The summed E-state index contributed by atoms with van der Waals surface area (Å²) in [4.78, 5) is 0. The van der Waals surface area contributed by atoms with Gasteiger partial charge in [-0.15, -0.1) is 0 Å². The summed E-state index contributed by atoms with van der Waals surface area (Å²) in [5.74, 6) is 0. The van der Waals surface area contributed by atoms with Crippen LogP contribution in [0, 0.1) is 0 Å². The second kappa shape index (κ2) is 6.92. The van der Waals surface area contributed by atoms with Crippen LogP contribution in [-0.2, 0) is 4.74 Å². The maximum absolute atomic E-state index is 7.00. The zero-order chi connectivity index (χ0) is 6.24. The lowest BCUT2D eigenvalue weighted by Crippen LogP contribution is -2.03. The quantitative estimate of drug-likeness (QED) is 0.509. The molecule has 1 rings (SSSR count). The van der Waals surface area contributed by atoms with Crippen molar-refractivity contribution in [3.63, 3.8) is 0 Å². The first kappa shape index (κ1) is 7.92. The minimum absolute atomic E-state index is 1.00. The van der Waals surface area contributed by atoms with Crippen molar-refractivity contribution in [2.24, 2.45) is 0 Å². The Morgan fingerprint density at radius 1 is 1.00 bits per heavy atom. The lowest BCUT2D eigenvalue weighted by molar-refractivity contribution is 0.0968. The van der Waals surface area contributed by atoms with Crippen LogP contribution in [0.15, 0.2) is 0 Å². The van der Waals surface area contributed by atoms with Gasteiger partial charge in [0.05, 0.1) is 0 Å². The van der Waals surface area contributed by atoms with Crippen LogP contribution in [0.2, 0.25) is 0 Å². The molecular formula is C6H14O2. The summed E-state index contributed by atoms with van der Waals surface area (Å²) in [7, 11) is 1.00. The van der Waals surface area contributed by atoms with Crippen molar-refractivity contribution in [2.45, 2.75) is 19.3 Å². The second-order valence-electron chi connectivity index (χ2n) is 1.67. The van der Waals surface area contributed by atoms with Crippen LogP contribution in [-0.4, -0.2) is 25.4 Å². The summed E-state index contributed by atoms with van der Waals surface area (Å²) < 4.78 is 5.07. The van der Waals surface area contributed by atoms with Gasteiger partial charge in [0.1, 0.15) is 0 Å². The van der Waals surface area contributed by atoms with E-state index >= 15 is 0 Å². The van der Waals surface area contributed by atoms with E-state index < -0.39 is 0 Å². The number of aliphatic hydroxyl groups is 1. The highest BCUT2D eigenvalue weighted by Crippen LogP contribution is 2.01. The monoisotopic (exact) mass is 118 g/mol. The lowest BCUT2D eigenvalue weighted by atomic mass is 10.2. The van der Waals surface area contributed by atoms with Gasteiger partial charge in [0, 0.05) is 20.3 Å². The van der Waals surface area contributed by atoms with E-state index in [4.69, 9.17) is 9.84 Å². The normalized spacial score (nSPS) is 18.8. The molecule has 50 valence electrons. The van der Waals surface area contributed by atoms with Crippen LogP contribution in [0.5, 0.6) is 0 Å². The Morgan fingerprint density at radius 3 is 1.62 bits per heavy atom. The Balaban J connectivity index is 0.000000222. The highest BCUT2D eigenvalue weighted by molar-refractivity contribution is 4.45. The molecule has 1 aliphatic rings. The molecule has 0 saturated carbocycles. The van der Waals surface area contributed by atoms with Crippen LogP contribution in [0.25, 0.3) is 0 Å². The molecule has 0 amide bonds. The Hall–Kier alpha value is -0.0800. The molecule has 0 radical (unpaired) electrons. The molecular weight excluding hydrogens is 104 g/mol. The van der Waals surface area contributed by atoms with Crippen LogP contribution in [0.4, 0.5) is 0 Å². The van der Waals surface area contributed by atoms with Gasteiger partial charge < -0.3 is 9.84 Å². The first-order valence-corrected chi connectivity index (χ1v) is 3.02. The van der Waals surface area contributed by atoms with Crippen LogP contribution >= 0.6 is 0 Å². The van der Waals surface area contributed by atoms with Crippen molar-refractivity contribution in [2.75, 3.05) is 20.3 Å². The molecule has 0 spiro atoms. The maximum Gasteiger partial charge on any atom is 0.0466 e. The molecule has 1 saturated heterocycles. The molecule has 1 heterocycles. The number of rotatable bonds is 0. The van der Waals surface area contributed by atoms with E-state index in [0.717, 1.165) is 20.3 Å². The summed E-state index contributed by atoms with van der Waals surface area (Å²) >= 11 is 0. The third-order valence-corrected chi connectivity index (χ3v) is 1.08. The van der Waals surface area contributed by atoms with Crippen molar-refractivity contribution in [3.05, 3.63) is 0 Å². The van der Waals surface area contributed by atoms with Crippen LogP contribution in [0.3, 0.4) is 0 Å². The Bertz CT molecular complexity index is 22.0. The smallest absolute Gasteiger partial charge is 0.0466 e. The molecule has 0 aromatic heterocycles. The van der Waals surface area contributed by atoms with E-state index in [1.807, 2.05) is 0 Å². The summed E-state index contributed by atoms with van der Waals surface area (Å²) in [5, 5.41) is 7.00. The van der Waals surface area contributed by atoms with E-state index in [0.29, 0.717) is 0 Å².